The van der Waals surface area contributed by atoms with Gasteiger partial charge in [0.05, 0.1) is 5.56 Å². The zero-order valence-electron chi connectivity index (χ0n) is 11.6. The first-order valence-corrected chi connectivity index (χ1v) is 7.66. The molecule has 1 N–H and O–H groups in total. The van der Waals surface area contributed by atoms with Gasteiger partial charge in [0.15, 0.2) is 0 Å². The molecule has 0 unspecified atom stereocenters. The number of alkyl halides is 3. The van der Waals surface area contributed by atoms with Crippen molar-refractivity contribution in [1.82, 2.24) is 10.2 Å². The van der Waals surface area contributed by atoms with Crippen molar-refractivity contribution in [3.8, 4) is 0 Å². The summed E-state index contributed by atoms with van der Waals surface area (Å²) >= 11 is 6.22. The Morgan fingerprint density at radius 3 is 2.43 bits per heavy atom. The molecule has 0 spiro atoms. The van der Waals surface area contributed by atoms with Gasteiger partial charge in [-0.1, -0.05) is 11.6 Å². The summed E-state index contributed by atoms with van der Waals surface area (Å²) < 4.78 is 38.9. The SMILES string of the molecule is FC(F)(F)c1ccc(Cl)c([C@H](C2CC2)N2CCNCC2)c1. The Bertz CT molecular complexity index is 508. The molecule has 1 aliphatic heterocycles. The second-order valence-electron chi connectivity index (χ2n) is 5.80. The molecule has 0 aromatic heterocycles. The largest absolute Gasteiger partial charge is 0.416 e. The summed E-state index contributed by atoms with van der Waals surface area (Å²) in [5, 5.41) is 3.72. The Morgan fingerprint density at radius 1 is 1.19 bits per heavy atom. The molecule has 21 heavy (non-hydrogen) atoms. The Hall–Kier alpha value is -0.780. The van der Waals surface area contributed by atoms with Gasteiger partial charge in [-0.3, -0.25) is 4.90 Å². The van der Waals surface area contributed by atoms with E-state index in [1.54, 1.807) is 0 Å². The third kappa shape index (κ3) is 3.35. The van der Waals surface area contributed by atoms with Crippen LogP contribution in [0.3, 0.4) is 0 Å². The number of nitrogens with zero attached hydrogens (tertiary/aromatic N) is 1. The maximum atomic E-state index is 13.0. The molecule has 3 rings (SSSR count). The van der Waals surface area contributed by atoms with Gasteiger partial charge >= 0.3 is 6.18 Å². The van der Waals surface area contributed by atoms with E-state index in [1.165, 1.54) is 12.1 Å². The Balaban J connectivity index is 1.94. The van der Waals surface area contributed by atoms with E-state index in [9.17, 15) is 13.2 Å². The van der Waals surface area contributed by atoms with E-state index in [0.717, 1.165) is 45.1 Å². The van der Waals surface area contributed by atoms with Gasteiger partial charge in [0.25, 0.3) is 0 Å². The Kier molecular flexibility index (Phi) is 4.17. The van der Waals surface area contributed by atoms with Crippen molar-refractivity contribution in [2.75, 3.05) is 26.2 Å². The molecule has 2 fully saturated rings. The minimum Gasteiger partial charge on any atom is -0.314 e. The fourth-order valence-electron chi connectivity index (χ4n) is 3.07. The summed E-state index contributed by atoms with van der Waals surface area (Å²) in [4.78, 5) is 2.27. The maximum Gasteiger partial charge on any atom is 0.416 e. The van der Waals surface area contributed by atoms with Crippen LogP contribution in [0.5, 0.6) is 0 Å². The van der Waals surface area contributed by atoms with E-state index < -0.39 is 11.7 Å². The first-order valence-electron chi connectivity index (χ1n) is 7.28. The van der Waals surface area contributed by atoms with E-state index in [2.05, 4.69) is 10.2 Å². The molecule has 6 heteroatoms. The summed E-state index contributed by atoms with van der Waals surface area (Å²) in [5.74, 6) is 0.434. The standard InChI is InChI=1S/C15H18ClF3N2/c16-13-4-3-11(15(17,18)19)9-12(13)14(10-1-2-10)21-7-5-20-6-8-21/h3-4,9-10,14,20H,1-2,5-8H2/t14-/m0/s1. The summed E-state index contributed by atoms with van der Waals surface area (Å²) in [5.41, 5.74) is 0.0265. The minimum atomic E-state index is -4.32. The molecule has 0 bridgehead atoms. The van der Waals surface area contributed by atoms with Gasteiger partial charge in [0.2, 0.25) is 0 Å². The van der Waals surface area contributed by atoms with Crippen molar-refractivity contribution in [2.24, 2.45) is 5.92 Å². The van der Waals surface area contributed by atoms with Gasteiger partial charge in [-0.25, -0.2) is 0 Å². The van der Waals surface area contributed by atoms with Crippen molar-refractivity contribution in [3.63, 3.8) is 0 Å². The van der Waals surface area contributed by atoms with Gasteiger partial charge in [0.1, 0.15) is 0 Å². The van der Waals surface area contributed by atoms with Gasteiger partial charge in [-0.05, 0) is 42.5 Å². The number of hydrogen-bond acceptors (Lipinski definition) is 2. The molecule has 2 aliphatic rings. The van der Waals surface area contributed by atoms with Gasteiger partial charge < -0.3 is 5.32 Å². The van der Waals surface area contributed by atoms with E-state index in [-0.39, 0.29) is 6.04 Å². The average Bonchev–Trinajstić information content (AvgIpc) is 3.26. The molecule has 0 radical (unpaired) electrons. The highest BCUT2D eigenvalue weighted by molar-refractivity contribution is 6.31. The molecular formula is C15H18ClF3N2. The minimum absolute atomic E-state index is 0.0156. The van der Waals surface area contributed by atoms with Gasteiger partial charge in [-0.2, -0.15) is 13.2 Å². The van der Waals surface area contributed by atoms with Gasteiger partial charge in [-0.15, -0.1) is 0 Å². The van der Waals surface area contributed by atoms with Crippen LogP contribution in [-0.4, -0.2) is 31.1 Å². The van der Waals surface area contributed by atoms with E-state index in [4.69, 9.17) is 11.6 Å². The number of piperazine rings is 1. The molecule has 1 atom stereocenters. The van der Waals surface area contributed by atoms with Crippen LogP contribution in [0.15, 0.2) is 18.2 Å². The summed E-state index contributed by atoms with van der Waals surface area (Å²) in [6.07, 6.45) is -2.18. The van der Waals surface area contributed by atoms with Crippen molar-refractivity contribution >= 4 is 11.6 Å². The van der Waals surface area contributed by atoms with Crippen LogP contribution >= 0.6 is 11.6 Å². The second-order valence-corrected chi connectivity index (χ2v) is 6.21. The molecule has 2 nitrogen and oxygen atoms in total. The molecular weight excluding hydrogens is 301 g/mol. The fraction of sp³-hybridized carbons (Fsp3) is 0.600. The molecule has 1 aromatic carbocycles. The van der Waals surface area contributed by atoms with Gasteiger partial charge in [0, 0.05) is 37.2 Å². The highest BCUT2D eigenvalue weighted by Gasteiger charge is 2.39. The topological polar surface area (TPSA) is 15.3 Å². The van der Waals surface area contributed by atoms with E-state index in [0.29, 0.717) is 16.5 Å². The lowest BCUT2D eigenvalue weighted by molar-refractivity contribution is -0.137. The maximum absolute atomic E-state index is 13.0. The van der Waals surface area contributed by atoms with Crippen molar-refractivity contribution in [1.29, 1.82) is 0 Å². The zero-order valence-corrected chi connectivity index (χ0v) is 12.3. The average molecular weight is 319 g/mol. The smallest absolute Gasteiger partial charge is 0.314 e. The lowest BCUT2D eigenvalue weighted by atomic mass is 9.97. The molecule has 1 heterocycles. The molecule has 1 aliphatic carbocycles. The summed E-state index contributed by atoms with van der Waals surface area (Å²) in [6, 6.07) is 3.71. The first kappa shape index (κ1) is 15.1. The number of halogens is 4. The van der Waals surface area contributed by atoms with Crippen LogP contribution in [-0.2, 0) is 6.18 Å². The Morgan fingerprint density at radius 2 is 1.86 bits per heavy atom. The van der Waals surface area contributed by atoms with Crippen LogP contribution in [0.25, 0.3) is 0 Å². The zero-order chi connectivity index (χ0) is 15.0. The van der Waals surface area contributed by atoms with Crippen molar-refractivity contribution < 1.29 is 13.2 Å². The number of rotatable bonds is 3. The number of benzene rings is 1. The summed E-state index contributed by atoms with van der Waals surface area (Å²) in [6.45, 7) is 3.46. The van der Waals surface area contributed by atoms with E-state index in [1.807, 2.05) is 0 Å². The molecule has 116 valence electrons. The second kappa shape index (κ2) is 5.78. The molecule has 0 amide bonds. The van der Waals surface area contributed by atoms with Crippen LogP contribution in [0.1, 0.15) is 30.0 Å². The molecule has 1 saturated heterocycles. The lowest BCUT2D eigenvalue weighted by Crippen LogP contribution is -2.45. The first-order chi connectivity index (χ1) is 9.97. The summed E-state index contributed by atoms with van der Waals surface area (Å²) in [7, 11) is 0. The third-order valence-electron chi connectivity index (χ3n) is 4.26. The predicted molar refractivity (Wildman–Crippen MR) is 76.4 cm³/mol. The highest BCUT2D eigenvalue weighted by Crippen LogP contribution is 2.47. The highest BCUT2D eigenvalue weighted by atomic mass is 35.5. The fourth-order valence-corrected chi connectivity index (χ4v) is 3.30. The van der Waals surface area contributed by atoms with Crippen LogP contribution in [0.4, 0.5) is 13.2 Å². The van der Waals surface area contributed by atoms with Crippen molar-refractivity contribution in [3.05, 3.63) is 34.3 Å². The predicted octanol–water partition coefficient (Wildman–Crippen LogP) is 3.72. The molecule has 1 saturated carbocycles. The number of nitrogens with one attached hydrogen (secondary N) is 1. The number of hydrogen-bond donors (Lipinski definition) is 1. The quantitative estimate of drug-likeness (QED) is 0.914. The molecule has 1 aromatic rings. The monoisotopic (exact) mass is 318 g/mol. The van der Waals surface area contributed by atoms with Crippen LogP contribution in [0, 0.1) is 5.92 Å². The van der Waals surface area contributed by atoms with Crippen LogP contribution in [0.2, 0.25) is 5.02 Å². The normalized spacial score (nSPS) is 22.3. The third-order valence-corrected chi connectivity index (χ3v) is 4.60. The van der Waals surface area contributed by atoms with Crippen molar-refractivity contribution in [2.45, 2.75) is 25.1 Å². The van der Waals surface area contributed by atoms with Crippen LogP contribution < -0.4 is 5.32 Å². The van der Waals surface area contributed by atoms with E-state index >= 15 is 0 Å². The Labute approximate surface area is 127 Å². The lowest BCUT2D eigenvalue weighted by Gasteiger charge is -2.36.